The Kier molecular flexibility index (Phi) is 3.04. The Morgan fingerprint density at radius 3 is 2.42 bits per heavy atom. The second-order valence-electron chi connectivity index (χ2n) is 6.51. The molecule has 1 unspecified atom stereocenters. The first-order chi connectivity index (χ1) is 9.01. The van der Waals surface area contributed by atoms with Gasteiger partial charge in [0.2, 0.25) is 0 Å². The predicted octanol–water partition coefficient (Wildman–Crippen LogP) is 0.350. The average molecular weight is 265 g/mol. The number of hydrogen-bond acceptors (Lipinski definition) is 3. The van der Waals surface area contributed by atoms with E-state index in [9.17, 15) is 9.59 Å². The molecule has 3 aliphatic rings. The summed E-state index contributed by atoms with van der Waals surface area (Å²) in [6.07, 6.45) is 4.23. The van der Waals surface area contributed by atoms with E-state index in [0.29, 0.717) is 19.1 Å². The maximum atomic E-state index is 12.5. The molecule has 106 valence electrons. The summed E-state index contributed by atoms with van der Waals surface area (Å²) < 4.78 is 0. The van der Waals surface area contributed by atoms with E-state index in [4.69, 9.17) is 0 Å². The molecule has 19 heavy (non-hydrogen) atoms. The van der Waals surface area contributed by atoms with Crippen LogP contribution in [0.15, 0.2) is 0 Å². The molecule has 3 heterocycles. The maximum absolute atomic E-state index is 12.5. The zero-order chi connectivity index (χ0) is 13.6. The van der Waals surface area contributed by atoms with Crippen molar-refractivity contribution in [3.63, 3.8) is 0 Å². The molecule has 3 saturated heterocycles. The fourth-order valence-electron chi connectivity index (χ4n) is 3.93. The van der Waals surface area contributed by atoms with Crippen LogP contribution in [0.1, 0.15) is 39.5 Å². The minimum atomic E-state index is -0.298. The van der Waals surface area contributed by atoms with Crippen molar-refractivity contribution in [1.29, 1.82) is 0 Å². The van der Waals surface area contributed by atoms with Gasteiger partial charge in [0.05, 0.1) is 0 Å². The molecule has 1 N–H and O–H groups in total. The van der Waals surface area contributed by atoms with Crippen LogP contribution in [0.2, 0.25) is 0 Å². The molecule has 2 amide bonds. The smallest absolute Gasteiger partial charge is 0.312 e. The lowest BCUT2D eigenvalue weighted by Gasteiger charge is -2.35. The van der Waals surface area contributed by atoms with Gasteiger partial charge < -0.3 is 15.1 Å². The van der Waals surface area contributed by atoms with Gasteiger partial charge in [0.1, 0.15) is 0 Å². The summed E-state index contributed by atoms with van der Waals surface area (Å²) >= 11 is 0. The van der Waals surface area contributed by atoms with E-state index in [1.807, 2.05) is 11.8 Å². The molecule has 0 spiro atoms. The van der Waals surface area contributed by atoms with Gasteiger partial charge in [0.15, 0.2) is 0 Å². The van der Waals surface area contributed by atoms with Crippen molar-refractivity contribution in [3.05, 3.63) is 0 Å². The highest BCUT2D eigenvalue weighted by molar-refractivity contribution is 6.35. The van der Waals surface area contributed by atoms with Crippen LogP contribution in [0.4, 0.5) is 0 Å². The van der Waals surface area contributed by atoms with Gasteiger partial charge in [-0.2, -0.15) is 0 Å². The van der Waals surface area contributed by atoms with Gasteiger partial charge in [0.25, 0.3) is 0 Å². The van der Waals surface area contributed by atoms with Crippen molar-refractivity contribution >= 4 is 11.8 Å². The number of fused-ring (bicyclic) bond motifs is 2. The van der Waals surface area contributed by atoms with Gasteiger partial charge in [0, 0.05) is 37.3 Å². The zero-order valence-corrected chi connectivity index (χ0v) is 11.8. The molecule has 5 heteroatoms. The van der Waals surface area contributed by atoms with E-state index in [2.05, 4.69) is 12.2 Å². The minimum absolute atomic E-state index is 0.0585. The number of nitrogens with one attached hydrogen (secondary N) is 1. The van der Waals surface area contributed by atoms with E-state index >= 15 is 0 Å². The van der Waals surface area contributed by atoms with E-state index in [-0.39, 0.29) is 23.4 Å². The minimum Gasteiger partial charge on any atom is -0.332 e. The zero-order valence-electron chi connectivity index (χ0n) is 11.8. The van der Waals surface area contributed by atoms with Crippen LogP contribution >= 0.6 is 0 Å². The van der Waals surface area contributed by atoms with Gasteiger partial charge in [-0.25, -0.2) is 0 Å². The van der Waals surface area contributed by atoms with Crippen LogP contribution in [0.3, 0.4) is 0 Å². The molecule has 0 aromatic heterocycles. The molecule has 3 aliphatic heterocycles. The summed E-state index contributed by atoms with van der Waals surface area (Å²) in [6, 6.07) is 0.582. The molecule has 5 nitrogen and oxygen atoms in total. The van der Waals surface area contributed by atoms with Gasteiger partial charge in [-0.15, -0.1) is 0 Å². The van der Waals surface area contributed by atoms with Gasteiger partial charge in [-0.3, -0.25) is 9.59 Å². The number of rotatable bonds is 0. The summed E-state index contributed by atoms with van der Waals surface area (Å²) in [4.78, 5) is 28.5. The predicted molar refractivity (Wildman–Crippen MR) is 71.6 cm³/mol. The monoisotopic (exact) mass is 265 g/mol. The van der Waals surface area contributed by atoms with Crippen molar-refractivity contribution in [2.45, 2.75) is 57.2 Å². The fraction of sp³-hybridized carbons (Fsp3) is 0.857. The number of carbonyl (C=O) groups is 2. The molecule has 3 rings (SSSR count). The first-order valence-corrected chi connectivity index (χ1v) is 7.37. The Hall–Kier alpha value is -1.10. The molecule has 0 radical (unpaired) electrons. The van der Waals surface area contributed by atoms with Crippen LogP contribution in [0.25, 0.3) is 0 Å². The number of carbonyl (C=O) groups excluding carboxylic acids is 2. The highest BCUT2D eigenvalue weighted by Crippen LogP contribution is 2.46. The van der Waals surface area contributed by atoms with Gasteiger partial charge in [-0.05, 0) is 39.5 Å². The van der Waals surface area contributed by atoms with Crippen LogP contribution in [-0.4, -0.2) is 58.9 Å². The molecule has 1 atom stereocenters. The SMILES string of the molecule is CC1CN(C(=O)C(=O)N2C3CCC2(C)CC3)CCN1. The Balaban J connectivity index is 1.72. The number of amides is 2. The van der Waals surface area contributed by atoms with Crippen LogP contribution in [0.5, 0.6) is 0 Å². The lowest BCUT2D eigenvalue weighted by molar-refractivity contribution is -0.154. The van der Waals surface area contributed by atoms with Crippen molar-refractivity contribution in [2.75, 3.05) is 19.6 Å². The van der Waals surface area contributed by atoms with E-state index in [1.165, 1.54) is 0 Å². The summed E-state index contributed by atoms with van der Waals surface area (Å²) in [7, 11) is 0. The highest BCUT2D eigenvalue weighted by atomic mass is 16.2. The third-order valence-corrected chi connectivity index (χ3v) is 5.04. The fourth-order valence-corrected chi connectivity index (χ4v) is 3.93. The lowest BCUT2D eigenvalue weighted by atomic mass is 9.90. The first-order valence-electron chi connectivity index (χ1n) is 7.37. The van der Waals surface area contributed by atoms with Gasteiger partial charge >= 0.3 is 11.8 Å². The lowest BCUT2D eigenvalue weighted by Crippen LogP contribution is -2.57. The Morgan fingerprint density at radius 1 is 1.21 bits per heavy atom. The molecule has 0 aliphatic carbocycles. The van der Waals surface area contributed by atoms with Crippen molar-refractivity contribution in [2.24, 2.45) is 0 Å². The summed E-state index contributed by atoms with van der Waals surface area (Å²) in [5.41, 5.74) is -0.0585. The Morgan fingerprint density at radius 2 is 1.89 bits per heavy atom. The number of nitrogens with zero attached hydrogens (tertiary/aromatic N) is 2. The molecule has 0 aromatic carbocycles. The second-order valence-corrected chi connectivity index (χ2v) is 6.51. The normalized spacial score (nSPS) is 37.8. The third-order valence-electron chi connectivity index (χ3n) is 5.04. The number of piperazine rings is 1. The van der Waals surface area contributed by atoms with E-state index < -0.39 is 0 Å². The second kappa shape index (κ2) is 4.47. The van der Waals surface area contributed by atoms with E-state index in [1.54, 1.807) is 4.90 Å². The topological polar surface area (TPSA) is 52.7 Å². The van der Waals surface area contributed by atoms with Crippen LogP contribution in [0, 0.1) is 0 Å². The quantitative estimate of drug-likeness (QED) is 0.643. The molecular weight excluding hydrogens is 242 g/mol. The molecular formula is C14H23N3O2. The molecule has 0 saturated carbocycles. The van der Waals surface area contributed by atoms with Crippen molar-refractivity contribution < 1.29 is 9.59 Å². The largest absolute Gasteiger partial charge is 0.332 e. The average Bonchev–Trinajstić information content (AvgIpc) is 2.89. The maximum Gasteiger partial charge on any atom is 0.312 e. The summed E-state index contributed by atoms with van der Waals surface area (Å²) in [5, 5.41) is 3.29. The number of hydrogen-bond donors (Lipinski definition) is 1. The molecule has 2 bridgehead atoms. The highest BCUT2D eigenvalue weighted by Gasteiger charge is 2.52. The summed E-state index contributed by atoms with van der Waals surface area (Å²) in [5.74, 6) is -0.565. The summed E-state index contributed by atoms with van der Waals surface area (Å²) in [6.45, 7) is 6.24. The van der Waals surface area contributed by atoms with Crippen molar-refractivity contribution in [3.8, 4) is 0 Å². The van der Waals surface area contributed by atoms with Crippen LogP contribution in [-0.2, 0) is 9.59 Å². The Labute approximate surface area is 114 Å². The third kappa shape index (κ3) is 2.04. The van der Waals surface area contributed by atoms with E-state index in [0.717, 1.165) is 32.2 Å². The Bertz CT molecular complexity index is 401. The molecule has 3 fully saturated rings. The van der Waals surface area contributed by atoms with Crippen molar-refractivity contribution in [1.82, 2.24) is 15.1 Å². The van der Waals surface area contributed by atoms with Gasteiger partial charge in [-0.1, -0.05) is 0 Å². The van der Waals surface area contributed by atoms with Crippen LogP contribution < -0.4 is 5.32 Å². The standard InChI is InChI=1S/C14H23N3O2/c1-10-9-16(8-7-15-10)12(18)13(19)17-11-3-5-14(17,2)6-4-11/h10-11,15H,3-9H2,1-2H3. The first kappa shape index (κ1) is 12.9. The molecule has 0 aromatic rings.